The number of rotatable bonds is 7. The van der Waals surface area contributed by atoms with E-state index in [4.69, 9.17) is 14.1 Å². The lowest BCUT2D eigenvalue weighted by atomic mass is 10.3. The molecule has 0 atom stereocenters. The molecule has 1 amide bonds. The van der Waals surface area contributed by atoms with Crippen LogP contribution in [0, 0.1) is 6.92 Å². The molecular weight excluding hydrogens is 374 g/mol. The topological polar surface area (TPSA) is 101 Å². The Hall–Kier alpha value is -2.88. The van der Waals surface area contributed by atoms with Crippen LogP contribution in [0.3, 0.4) is 0 Å². The molecule has 1 aliphatic rings. The van der Waals surface area contributed by atoms with Gasteiger partial charge in [-0.15, -0.1) is 10.2 Å². The second kappa shape index (κ2) is 10.1. The number of aryl methyl sites for hydroxylation is 1. The van der Waals surface area contributed by atoms with Gasteiger partial charge in [-0.3, -0.25) is 4.79 Å². The van der Waals surface area contributed by atoms with E-state index in [1.165, 1.54) is 6.26 Å². The van der Waals surface area contributed by atoms with E-state index in [-0.39, 0.29) is 5.91 Å². The zero-order chi connectivity index (χ0) is 20.6. The molecule has 0 unspecified atom stereocenters. The number of aliphatic imine (C=N–C) groups is 1. The number of hydrogen-bond donors (Lipinski definition) is 1. The van der Waals surface area contributed by atoms with Gasteiger partial charge in [0.2, 0.25) is 0 Å². The number of furan rings is 1. The quantitative estimate of drug-likeness (QED) is 0.412. The van der Waals surface area contributed by atoms with Gasteiger partial charge in [-0.05, 0) is 25.5 Å². The first-order valence-corrected chi connectivity index (χ1v) is 9.80. The first kappa shape index (κ1) is 20.8. The van der Waals surface area contributed by atoms with E-state index in [0.29, 0.717) is 45.1 Å². The van der Waals surface area contributed by atoms with Gasteiger partial charge in [-0.2, -0.15) is 0 Å². The summed E-state index contributed by atoms with van der Waals surface area (Å²) in [7, 11) is 3.63. The van der Waals surface area contributed by atoms with E-state index in [2.05, 4.69) is 20.4 Å². The molecule has 0 radical (unpaired) electrons. The van der Waals surface area contributed by atoms with Crippen molar-refractivity contribution >= 4 is 11.9 Å². The minimum atomic E-state index is -0.0734. The third kappa shape index (κ3) is 5.35. The van der Waals surface area contributed by atoms with Crippen molar-refractivity contribution in [2.75, 3.05) is 46.4 Å². The Kier molecular flexibility index (Phi) is 7.23. The van der Waals surface area contributed by atoms with E-state index in [1.807, 2.05) is 23.4 Å². The Labute approximate surface area is 170 Å². The third-order valence-electron chi connectivity index (χ3n) is 4.96. The van der Waals surface area contributed by atoms with Crippen LogP contribution in [0.15, 0.2) is 27.8 Å². The van der Waals surface area contributed by atoms with Crippen molar-refractivity contribution in [3.05, 3.63) is 35.8 Å². The molecule has 3 rings (SSSR count). The number of carbonyl (C=O) groups excluding carboxylic acids is 1. The average Bonchev–Trinajstić information content (AvgIpc) is 3.39. The van der Waals surface area contributed by atoms with Crippen LogP contribution in [0.1, 0.15) is 28.6 Å². The lowest BCUT2D eigenvalue weighted by molar-refractivity contribution is 0.0657. The molecule has 1 N–H and O–H groups in total. The van der Waals surface area contributed by atoms with Crippen molar-refractivity contribution in [2.24, 2.45) is 12.0 Å². The highest BCUT2D eigenvalue weighted by Gasteiger charge is 2.25. The third-order valence-corrected chi connectivity index (χ3v) is 4.96. The predicted molar refractivity (Wildman–Crippen MR) is 108 cm³/mol. The Balaban J connectivity index is 1.62. The average molecular weight is 403 g/mol. The standard InChI is InChI=1S/C19H29N7O3/c1-15-22-23-17(24(15)2)14-21-19(20-7-5-12-28-3)26-10-8-25(9-11-26)18(27)16-6-4-13-29-16/h4,6,13H,5,7-12,14H2,1-3H3,(H,20,21). The van der Waals surface area contributed by atoms with Crippen molar-refractivity contribution in [1.29, 1.82) is 0 Å². The number of piperazine rings is 1. The fourth-order valence-corrected chi connectivity index (χ4v) is 3.10. The van der Waals surface area contributed by atoms with Gasteiger partial charge >= 0.3 is 0 Å². The molecule has 0 saturated carbocycles. The summed E-state index contributed by atoms with van der Waals surface area (Å²) < 4.78 is 12.3. The Morgan fingerprint density at radius 2 is 2.03 bits per heavy atom. The molecule has 0 bridgehead atoms. The molecule has 29 heavy (non-hydrogen) atoms. The highest BCUT2D eigenvalue weighted by atomic mass is 16.5. The SMILES string of the molecule is COCCCNC(=NCc1nnc(C)n1C)N1CCN(C(=O)c2ccco2)CC1. The molecule has 0 aromatic carbocycles. The summed E-state index contributed by atoms with van der Waals surface area (Å²) in [6.45, 7) is 6.42. The highest BCUT2D eigenvalue weighted by molar-refractivity contribution is 5.91. The van der Waals surface area contributed by atoms with Gasteiger partial charge < -0.3 is 28.8 Å². The van der Waals surface area contributed by atoms with Crippen LogP contribution >= 0.6 is 0 Å². The summed E-state index contributed by atoms with van der Waals surface area (Å²) in [6.07, 6.45) is 2.40. The number of nitrogens with zero attached hydrogens (tertiary/aromatic N) is 6. The number of nitrogens with one attached hydrogen (secondary N) is 1. The molecule has 3 heterocycles. The van der Waals surface area contributed by atoms with E-state index in [9.17, 15) is 4.79 Å². The lowest BCUT2D eigenvalue weighted by Gasteiger charge is -2.36. The molecule has 158 valence electrons. The minimum Gasteiger partial charge on any atom is -0.459 e. The van der Waals surface area contributed by atoms with Crippen molar-refractivity contribution < 1.29 is 13.9 Å². The van der Waals surface area contributed by atoms with Crippen LogP contribution in [0.25, 0.3) is 0 Å². The second-order valence-electron chi connectivity index (χ2n) is 6.89. The molecule has 0 aliphatic carbocycles. The monoisotopic (exact) mass is 403 g/mol. The molecule has 2 aromatic heterocycles. The Bertz CT molecular complexity index is 808. The van der Waals surface area contributed by atoms with Crippen LogP contribution in [-0.4, -0.2) is 82.9 Å². The smallest absolute Gasteiger partial charge is 0.289 e. The normalized spacial score (nSPS) is 15.1. The lowest BCUT2D eigenvalue weighted by Crippen LogP contribution is -2.54. The van der Waals surface area contributed by atoms with E-state index >= 15 is 0 Å². The summed E-state index contributed by atoms with van der Waals surface area (Å²) in [6, 6.07) is 3.42. The number of guanidine groups is 1. The van der Waals surface area contributed by atoms with E-state index in [1.54, 1.807) is 19.2 Å². The maximum atomic E-state index is 12.5. The molecule has 1 aliphatic heterocycles. The van der Waals surface area contributed by atoms with Crippen molar-refractivity contribution in [3.63, 3.8) is 0 Å². The minimum absolute atomic E-state index is 0.0734. The first-order chi connectivity index (χ1) is 14.1. The number of amides is 1. The molecule has 1 saturated heterocycles. The number of hydrogen-bond acceptors (Lipinski definition) is 6. The predicted octanol–water partition coefficient (Wildman–Crippen LogP) is 0.657. The zero-order valence-electron chi connectivity index (χ0n) is 17.3. The van der Waals surface area contributed by atoms with Crippen LogP contribution in [0.2, 0.25) is 0 Å². The van der Waals surface area contributed by atoms with E-state index in [0.717, 1.165) is 30.6 Å². The van der Waals surface area contributed by atoms with Crippen LogP contribution in [-0.2, 0) is 18.3 Å². The van der Waals surface area contributed by atoms with Gasteiger partial charge in [0.05, 0.1) is 6.26 Å². The van der Waals surface area contributed by atoms with Crippen molar-refractivity contribution in [1.82, 2.24) is 29.9 Å². The molecule has 10 heteroatoms. The summed E-state index contributed by atoms with van der Waals surface area (Å²) in [4.78, 5) is 21.2. The number of methoxy groups -OCH3 is 1. The largest absolute Gasteiger partial charge is 0.459 e. The van der Waals surface area contributed by atoms with E-state index < -0.39 is 0 Å². The molecule has 0 spiro atoms. The van der Waals surface area contributed by atoms with Gasteiger partial charge in [0.15, 0.2) is 17.5 Å². The molecule has 2 aromatic rings. The summed E-state index contributed by atoms with van der Waals surface area (Å²) >= 11 is 0. The van der Waals surface area contributed by atoms with Gasteiger partial charge in [0, 0.05) is 53.5 Å². The van der Waals surface area contributed by atoms with Crippen molar-refractivity contribution in [2.45, 2.75) is 19.9 Å². The molecule has 1 fully saturated rings. The summed E-state index contributed by atoms with van der Waals surface area (Å²) in [5.41, 5.74) is 0. The number of ether oxygens (including phenoxy) is 1. The number of carbonyl (C=O) groups is 1. The van der Waals surface area contributed by atoms with Gasteiger partial charge in [-0.1, -0.05) is 0 Å². The Morgan fingerprint density at radius 3 is 2.66 bits per heavy atom. The summed E-state index contributed by atoms with van der Waals surface area (Å²) in [5, 5.41) is 11.7. The molecule has 10 nitrogen and oxygen atoms in total. The molecular formula is C19H29N7O3. The fraction of sp³-hybridized carbons (Fsp3) is 0.579. The number of aromatic nitrogens is 3. The van der Waals surface area contributed by atoms with Gasteiger partial charge in [-0.25, -0.2) is 4.99 Å². The van der Waals surface area contributed by atoms with Crippen molar-refractivity contribution in [3.8, 4) is 0 Å². The maximum absolute atomic E-state index is 12.5. The first-order valence-electron chi connectivity index (χ1n) is 9.80. The second-order valence-corrected chi connectivity index (χ2v) is 6.89. The highest BCUT2D eigenvalue weighted by Crippen LogP contribution is 2.10. The Morgan fingerprint density at radius 1 is 1.28 bits per heavy atom. The zero-order valence-corrected chi connectivity index (χ0v) is 17.3. The maximum Gasteiger partial charge on any atom is 0.289 e. The van der Waals surface area contributed by atoms with Crippen LogP contribution in [0.5, 0.6) is 0 Å². The fourth-order valence-electron chi connectivity index (χ4n) is 3.10. The van der Waals surface area contributed by atoms with Crippen LogP contribution in [0.4, 0.5) is 0 Å². The van der Waals surface area contributed by atoms with Crippen LogP contribution < -0.4 is 5.32 Å². The van der Waals surface area contributed by atoms with Gasteiger partial charge in [0.25, 0.3) is 5.91 Å². The van der Waals surface area contributed by atoms with Gasteiger partial charge in [0.1, 0.15) is 12.4 Å². The summed E-state index contributed by atoms with van der Waals surface area (Å²) in [5.74, 6) is 2.78.